The average Bonchev–Trinajstić information content (AvgIpc) is 2.84. The number of ether oxygens (including phenoxy) is 1. The minimum atomic E-state index is 0.538. The summed E-state index contributed by atoms with van der Waals surface area (Å²) in [5.41, 5.74) is 2.45. The maximum Gasteiger partial charge on any atom is 0.128 e. The Bertz CT molecular complexity index is 576. The van der Waals surface area contributed by atoms with Crippen molar-refractivity contribution in [3.63, 3.8) is 0 Å². The number of nitrogens with zero attached hydrogens (tertiary/aromatic N) is 3. The highest BCUT2D eigenvalue weighted by Crippen LogP contribution is 2.19. The van der Waals surface area contributed by atoms with Crippen LogP contribution in [-0.4, -0.2) is 27.3 Å². The monoisotopic (exact) mass is 259 g/mol. The summed E-state index contributed by atoms with van der Waals surface area (Å²) < 4.78 is 7.58. The van der Waals surface area contributed by atoms with Crippen molar-refractivity contribution in [2.24, 2.45) is 12.2 Å². The summed E-state index contributed by atoms with van der Waals surface area (Å²) in [7, 11) is 1.91. The zero-order valence-corrected chi connectivity index (χ0v) is 11.1. The van der Waals surface area contributed by atoms with E-state index < -0.39 is 0 Å². The minimum Gasteiger partial charge on any atom is -0.492 e. The van der Waals surface area contributed by atoms with Gasteiger partial charge in [0.2, 0.25) is 0 Å². The molecule has 5 nitrogen and oxygen atoms in total. The third kappa shape index (κ3) is 3.13. The van der Waals surface area contributed by atoms with Crippen LogP contribution in [0, 0.1) is 0 Å². The predicted molar refractivity (Wildman–Crippen MR) is 72.8 cm³/mol. The number of para-hydroxylation sites is 1. The fourth-order valence-corrected chi connectivity index (χ4v) is 1.86. The normalized spacial score (nSPS) is 11.6. The second-order valence-electron chi connectivity index (χ2n) is 4.23. The number of oxime groups is 1. The predicted octanol–water partition coefficient (Wildman–Crippen LogP) is 2.24. The minimum absolute atomic E-state index is 0.538. The molecule has 0 aliphatic carbocycles. The Morgan fingerprint density at radius 3 is 2.84 bits per heavy atom. The van der Waals surface area contributed by atoms with Crippen LogP contribution < -0.4 is 4.74 Å². The highest BCUT2D eigenvalue weighted by atomic mass is 16.5. The molecular weight excluding hydrogens is 242 g/mol. The van der Waals surface area contributed by atoms with Gasteiger partial charge in [-0.2, -0.15) is 5.10 Å². The summed E-state index contributed by atoms with van der Waals surface area (Å²) in [6.45, 7) is 2.29. The molecule has 0 bridgehead atoms. The van der Waals surface area contributed by atoms with Gasteiger partial charge in [0.1, 0.15) is 5.75 Å². The summed E-state index contributed by atoms with van der Waals surface area (Å²) in [5.74, 6) is 0.722. The molecule has 0 spiro atoms. The second-order valence-corrected chi connectivity index (χ2v) is 4.23. The summed E-state index contributed by atoms with van der Waals surface area (Å²) in [6.07, 6.45) is 2.55. The molecule has 0 atom stereocenters. The van der Waals surface area contributed by atoms with Crippen LogP contribution in [0.5, 0.6) is 5.75 Å². The molecule has 0 saturated carbocycles. The van der Waals surface area contributed by atoms with Gasteiger partial charge in [0.15, 0.2) is 0 Å². The highest BCUT2D eigenvalue weighted by Gasteiger charge is 2.07. The molecule has 0 fully saturated rings. The first kappa shape index (κ1) is 13.1. The zero-order chi connectivity index (χ0) is 13.7. The number of benzene rings is 1. The van der Waals surface area contributed by atoms with Crippen LogP contribution in [0.1, 0.15) is 18.2 Å². The van der Waals surface area contributed by atoms with E-state index in [0.29, 0.717) is 12.3 Å². The first-order chi connectivity index (χ1) is 9.22. The fraction of sp³-hybridized carbons (Fsp3) is 0.286. The highest BCUT2D eigenvalue weighted by molar-refractivity contribution is 6.00. The third-order valence-electron chi connectivity index (χ3n) is 2.97. The summed E-state index contributed by atoms with van der Waals surface area (Å²) in [5, 5.41) is 16.2. The maximum absolute atomic E-state index is 8.85. The molecule has 0 aliphatic rings. The van der Waals surface area contributed by atoms with Crippen molar-refractivity contribution in [3.05, 3.63) is 47.8 Å². The average molecular weight is 259 g/mol. The van der Waals surface area contributed by atoms with Crippen molar-refractivity contribution in [3.8, 4) is 5.75 Å². The summed E-state index contributed by atoms with van der Waals surface area (Å²) in [6, 6.07) is 9.49. The number of hydrogen-bond donors (Lipinski definition) is 1. The molecule has 100 valence electrons. The van der Waals surface area contributed by atoms with Crippen LogP contribution in [0.2, 0.25) is 0 Å². The first-order valence-corrected chi connectivity index (χ1v) is 6.10. The second kappa shape index (κ2) is 6.04. The molecule has 1 aromatic carbocycles. The number of aryl methyl sites for hydroxylation is 1. The molecule has 1 heterocycles. The molecule has 0 amide bonds. The Kier molecular flexibility index (Phi) is 4.18. The lowest BCUT2D eigenvalue weighted by molar-refractivity contribution is 0.312. The van der Waals surface area contributed by atoms with Gasteiger partial charge in [0.25, 0.3) is 0 Å². The van der Waals surface area contributed by atoms with Gasteiger partial charge in [0, 0.05) is 30.9 Å². The molecular formula is C14H17N3O2. The molecule has 0 aliphatic heterocycles. The van der Waals surface area contributed by atoms with Crippen molar-refractivity contribution in [2.45, 2.75) is 13.3 Å². The lowest BCUT2D eigenvalue weighted by atomic mass is 10.1. The Hall–Kier alpha value is -2.30. The van der Waals surface area contributed by atoms with Gasteiger partial charge in [-0.3, -0.25) is 4.68 Å². The molecule has 1 N–H and O–H groups in total. The van der Waals surface area contributed by atoms with Gasteiger partial charge < -0.3 is 9.94 Å². The van der Waals surface area contributed by atoms with Crippen LogP contribution >= 0.6 is 0 Å². The lowest BCUT2D eigenvalue weighted by Gasteiger charge is -2.10. The van der Waals surface area contributed by atoms with Crippen molar-refractivity contribution in [1.29, 1.82) is 0 Å². The van der Waals surface area contributed by atoms with E-state index in [2.05, 4.69) is 10.3 Å². The topological polar surface area (TPSA) is 59.6 Å². The Morgan fingerprint density at radius 1 is 1.37 bits per heavy atom. The SMILES string of the molecule is C/C(=N/O)c1ccccc1OCCc1ccnn1C. The quantitative estimate of drug-likeness (QED) is 0.509. The number of rotatable bonds is 5. The van der Waals surface area contributed by atoms with Crippen LogP contribution in [0.4, 0.5) is 0 Å². The largest absolute Gasteiger partial charge is 0.492 e. The van der Waals surface area contributed by atoms with Crippen LogP contribution in [0.3, 0.4) is 0 Å². The van der Waals surface area contributed by atoms with Gasteiger partial charge in [-0.25, -0.2) is 0 Å². The van der Waals surface area contributed by atoms with E-state index in [1.54, 1.807) is 13.1 Å². The van der Waals surface area contributed by atoms with Crippen LogP contribution in [0.25, 0.3) is 0 Å². The van der Waals surface area contributed by atoms with Gasteiger partial charge in [0.05, 0.1) is 12.3 Å². The molecule has 2 aromatic rings. The van der Waals surface area contributed by atoms with E-state index in [-0.39, 0.29) is 0 Å². The Labute approximate surface area is 112 Å². The molecule has 0 unspecified atom stereocenters. The summed E-state index contributed by atoms with van der Waals surface area (Å²) >= 11 is 0. The number of hydrogen-bond acceptors (Lipinski definition) is 4. The van der Waals surface area contributed by atoms with Crippen LogP contribution in [-0.2, 0) is 13.5 Å². The Morgan fingerprint density at radius 2 is 2.16 bits per heavy atom. The van der Waals surface area contributed by atoms with E-state index in [4.69, 9.17) is 9.94 Å². The zero-order valence-electron chi connectivity index (χ0n) is 11.1. The van der Waals surface area contributed by atoms with E-state index in [1.807, 2.05) is 42.1 Å². The van der Waals surface area contributed by atoms with E-state index in [1.165, 1.54) is 0 Å². The third-order valence-corrected chi connectivity index (χ3v) is 2.97. The smallest absolute Gasteiger partial charge is 0.128 e. The van der Waals surface area contributed by atoms with Gasteiger partial charge in [-0.15, -0.1) is 0 Å². The van der Waals surface area contributed by atoms with E-state index >= 15 is 0 Å². The molecule has 1 aromatic heterocycles. The maximum atomic E-state index is 8.85. The van der Waals surface area contributed by atoms with Crippen molar-refractivity contribution >= 4 is 5.71 Å². The summed E-state index contributed by atoms with van der Waals surface area (Å²) in [4.78, 5) is 0. The Balaban J connectivity index is 2.02. The molecule has 0 saturated heterocycles. The molecule has 19 heavy (non-hydrogen) atoms. The molecule has 2 rings (SSSR count). The van der Waals surface area contributed by atoms with Crippen molar-refractivity contribution in [2.75, 3.05) is 6.61 Å². The number of aromatic nitrogens is 2. The standard InChI is InChI=1S/C14H17N3O2/c1-11(16-18)13-5-3-4-6-14(13)19-10-8-12-7-9-15-17(12)2/h3-7,9,18H,8,10H2,1-2H3/b16-11-. The van der Waals surface area contributed by atoms with Gasteiger partial charge >= 0.3 is 0 Å². The van der Waals surface area contributed by atoms with Crippen molar-refractivity contribution < 1.29 is 9.94 Å². The van der Waals surface area contributed by atoms with E-state index in [9.17, 15) is 0 Å². The van der Waals surface area contributed by atoms with Crippen LogP contribution in [0.15, 0.2) is 41.7 Å². The van der Waals surface area contributed by atoms with Gasteiger partial charge in [-0.1, -0.05) is 17.3 Å². The lowest BCUT2D eigenvalue weighted by Crippen LogP contribution is -2.08. The fourth-order valence-electron chi connectivity index (χ4n) is 1.86. The van der Waals surface area contributed by atoms with Crippen molar-refractivity contribution in [1.82, 2.24) is 9.78 Å². The van der Waals surface area contributed by atoms with Gasteiger partial charge in [-0.05, 0) is 25.1 Å². The molecule has 5 heteroatoms. The first-order valence-electron chi connectivity index (χ1n) is 6.10. The van der Waals surface area contributed by atoms with E-state index in [0.717, 1.165) is 23.4 Å². The molecule has 0 radical (unpaired) electrons.